The maximum Gasteiger partial charge on any atom is 0.326 e. The topological polar surface area (TPSA) is 96.9 Å². The second-order valence-electron chi connectivity index (χ2n) is 5.60. The molecule has 0 fully saturated rings. The Morgan fingerprint density at radius 1 is 1.00 bits per heavy atom. The highest BCUT2D eigenvalue weighted by molar-refractivity contribution is 5.82. The molecule has 0 radical (unpaired) electrons. The van der Waals surface area contributed by atoms with Gasteiger partial charge in [0.25, 0.3) is 0 Å². The quantitative estimate of drug-likeness (QED) is 0.672. The van der Waals surface area contributed by atoms with Crippen LogP contribution >= 0.6 is 0 Å². The molecule has 0 unspecified atom stereocenters. The lowest BCUT2D eigenvalue weighted by atomic mass is 10.1. The van der Waals surface area contributed by atoms with Gasteiger partial charge in [0.05, 0.1) is 14.2 Å². The molecule has 2 aromatic rings. The van der Waals surface area contributed by atoms with E-state index in [1.807, 2.05) is 30.3 Å². The van der Waals surface area contributed by atoms with Crippen molar-refractivity contribution in [1.82, 2.24) is 10.6 Å². The van der Waals surface area contributed by atoms with Crippen molar-refractivity contribution in [2.75, 3.05) is 14.2 Å². The van der Waals surface area contributed by atoms with Gasteiger partial charge < -0.3 is 25.2 Å². The summed E-state index contributed by atoms with van der Waals surface area (Å²) in [5.74, 6) is 0.0596. The number of carbonyl (C=O) groups excluding carboxylic acids is 1. The molecule has 7 heteroatoms. The van der Waals surface area contributed by atoms with Crippen LogP contribution in [0.1, 0.15) is 11.1 Å². The normalized spacial score (nSPS) is 11.3. The number of hydrogen-bond donors (Lipinski definition) is 3. The Morgan fingerprint density at radius 3 is 2.31 bits per heavy atom. The van der Waals surface area contributed by atoms with Gasteiger partial charge in [0, 0.05) is 13.0 Å². The molecule has 0 aliphatic carbocycles. The molecule has 0 aliphatic heterocycles. The molecular weight excluding hydrogens is 336 g/mol. The van der Waals surface area contributed by atoms with Crippen LogP contribution in [0, 0.1) is 0 Å². The predicted molar refractivity (Wildman–Crippen MR) is 96.5 cm³/mol. The first-order valence-electron chi connectivity index (χ1n) is 8.05. The van der Waals surface area contributed by atoms with E-state index in [-0.39, 0.29) is 13.0 Å². The van der Waals surface area contributed by atoms with Crippen molar-refractivity contribution in [3.05, 3.63) is 59.7 Å². The van der Waals surface area contributed by atoms with E-state index in [1.165, 1.54) is 7.11 Å². The van der Waals surface area contributed by atoms with E-state index in [0.29, 0.717) is 11.5 Å². The minimum Gasteiger partial charge on any atom is -0.493 e. The number of carbonyl (C=O) groups is 2. The van der Waals surface area contributed by atoms with E-state index in [4.69, 9.17) is 9.47 Å². The van der Waals surface area contributed by atoms with Gasteiger partial charge in [0.1, 0.15) is 6.04 Å². The van der Waals surface area contributed by atoms with Gasteiger partial charge >= 0.3 is 12.0 Å². The monoisotopic (exact) mass is 358 g/mol. The summed E-state index contributed by atoms with van der Waals surface area (Å²) in [6.07, 6.45) is 0.208. The lowest BCUT2D eigenvalue weighted by Gasteiger charge is -2.16. The molecule has 0 aliphatic rings. The predicted octanol–water partition coefficient (Wildman–Crippen LogP) is 2.20. The molecule has 3 N–H and O–H groups in total. The maximum absolute atomic E-state index is 12.1. The molecule has 0 bridgehead atoms. The first-order valence-corrected chi connectivity index (χ1v) is 8.05. The SMILES string of the molecule is COc1ccc(CNC(=O)N[C@@H](Cc2ccccc2)C(=O)O)cc1OC. The molecule has 2 rings (SSSR count). The van der Waals surface area contributed by atoms with Crippen LogP contribution in [0.25, 0.3) is 0 Å². The number of amides is 2. The lowest BCUT2D eigenvalue weighted by molar-refractivity contribution is -0.139. The average molecular weight is 358 g/mol. The lowest BCUT2D eigenvalue weighted by Crippen LogP contribution is -2.46. The smallest absolute Gasteiger partial charge is 0.326 e. The van der Waals surface area contributed by atoms with E-state index in [9.17, 15) is 14.7 Å². The number of benzene rings is 2. The molecule has 0 heterocycles. The fraction of sp³-hybridized carbons (Fsp3) is 0.263. The molecule has 7 nitrogen and oxygen atoms in total. The van der Waals surface area contributed by atoms with Crippen LogP contribution < -0.4 is 20.1 Å². The van der Waals surface area contributed by atoms with Gasteiger partial charge in [-0.25, -0.2) is 9.59 Å². The Morgan fingerprint density at radius 2 is 1.69 bits per heavy atom. The summed E-state index contributed by atoms with van der Waals surface area (Å²) in [5, 5.41) is 14.5. The van der Waals surface area contributed by atoms with Crippen LogP contribution in [0.2, 0.25) is 0 Å². The number of ether oxygens (including phenoxy) is 2. The van der Waals surface area contributed by atoms with Crippen molar-refractivity contribution >= 4 is 12.0 Å². The summed E-state index contributed by atoms with van der Waals surface area (Å²) in [6, 6.07) is 12.9. The second kappa shape index (κ2) is 9.31. The van der Waals surface area contributed by atoms with E-state index < -0.39 is 18.0 Å². The molecule has 2 aromatic carbocycles. The zero-order valence-corrected chi connectivity index (χ0v) is 14.7. The van der Waals surface area contributed by atoms with Crippen LogP contribution in [0.15, 0.2) is 48.5 Å². The Hall–Kier alpha value is -3.22. The minimum atomic E-state index is -1.09. The number of nitrogens with one attached hydrogen (secondary N) is 2. The van der Waals surface area contributed by atoms with Gasteiger partial charge in [-0.3, -0.25) is 0 Å². The summed E-state index contributed by atoms with van der Waals surface area (Å²) in [4.78, 5) is 23.5. The molecule has 2 amide bonds. The fourth-order valence-corrected chi connectivity index (χ4v) is 2.43. The zero-order chi connectivity index (χ0) is 18.9. The number of carboxylic acid groups (broad SMARTS) is 1. The van der Waals surface area contributed by atoms with Crippen molar-refractivity contribution in [3.8, 4) is 11.5 Å². The standard InChI is InChI=1S/C19H22N2O5/c1-25-16-9-8-14(11-17(16)26-2)12-20-19(24)21-15(18(22)23)10-13-6-4-3-5-7-13/h3-9,11,15H,10,12H2,1-2H3,(H,22,23)(H2,20,21,24)/t15-/m0/s1. The largest absolute Gasteiger partial charge is 0.493 e. The van der Waals surface area contributed by atoms with Gasteiger partial charge in [0.2, 0.25) is 0 Å². The van der Waals surface area contributed by atoms with Crippen LogP contribution in [-0.4, -0.2) is 37.4 Å². The summed E-state index contributed by atoms with van der Waals surface area (Å²) in [7, 11) is 3.07. The molecule has 0 spiro atoms. The van der Waals surface area contributed by atoms with E-state index in [0.717, 1.165) is 11.1 Å². The fourth-order valence-electron chi connectivity index (χ4n) is 2.43. The average Bonchev–Trinajstić information content (AvgIpc) is 2.66. The molecule has 26 heavy (non-hydrogen) atoms. The summed E-state index contributed by atoms with van der Waals surface area (Å²) < 4.78 is 10.4. The first-order chi connectivity index (χ1) is 12.5. The summed E-state index contributed by atoms with van der Waals surface area (Å²) in [6.45, 7) is 0.226. The second-order valence-corrected chi connectivity index (χ2v) is 5.60. The molecule has 138 valence electrons. The van der Waals surface area contributed by atoms with Crippen molar-refractivity contribution < 1.29 is 24.2 Å². The number of urea groups is 1. The van der Waals surface area contributed by atoms with Crippen molar-refractivity contribution in [2.45, 2.75) is 19.0 Å². The van der Waals surface area contributed by atoms with Crippen molar-refractivity contribution in [2.24, 2.45) is 0 Å². The maximum atomic E-state index is 12.1. The Bertz CT molecular complexity index is 749. The zero-order valence-electron chi connectivity index (χ0n) is 14.7. The Labute approximate surface area is 151 Å². The molecular formula is C19H22N2O5. The summed E-state index contributed by atoms with van der Waals surface area (Å²) in [5.41, 5.74) is 1.63. The highest BCUT2D eigenvalue weighted by atomic mass is 16.5. The van der Waals surface area contributed by atoms with Crippen molar-refractivity contribution in [1.29, 1.82) is 0 Å². The van der Waals surface area contributed by atoms with Gasteiger partial charge in [-0.2, -0.15) is 0 Å². The van der Waals surface area contributed by atoms with Crippen LogP contribution in [0.5, 0.6) is 11.5 Å². The summed E-state index contributed by atoms with van der Waals surface area (Å²) >= 11 is 0. The third-order valence-electron chi connectivity index (χ3n) is 3.79. The van der Waals surface area contributed by atoms with Crippen LogP contribution in [-0.2, 0) is 17.8 Å². The highest BCUT2D eigenvalue weighted by Crippen LogP contribution is 2.27. The van der Waals surface area contributed by atoms with E-state index >= 15 is 0 Å². The van der Waals surface area contributed by atoms with Crippen molar-refractivity contribution in [3.63, 3.8) is 0 Å². The van der Waals surface area contributed by atoms with Gasteiger partial charge in [0.15, 0.2) is 11.5 Å². The Balaban J connectivity index is 1.93. The Kier molecular flexibility index (Phi) is 6.84. The van der Waals surface area contributed by atoms with E-state index in [2.05, 4.69) is 10.6 Å². The van der Waals surface area contributed by atoms with Gasteiger partial charge in [-0.05, 0) is 23.3 Å². The number of rotatable bonds is 8. The minimum absolute atomic E-state index is 0.208. The number of hydrogen-bond acceptors (Lipinski definition) is 4. The number of methoxy groups -OCH3 is 2. The van der Waals surface area contributed by atoms with Gasteiger partial charge in [-0.1, -0.05) is 36.4 Å². The molecule has 0 saturated heterocycles. The first kappa shape index (κ1) is 19.1. The van der Waals surface area contributed by atoms with Gasteiger partial charge in [-0.15, -0.1) is 0 Å². The third-order valence-corrected chi connectivity index (χ3v) is 3.79. The number of carboxylic acids is 1. The third kappa shape index (κ3) is 5.41. The molecule has 0 aromatic heterocycles. The highest BCUT2D eigenvalue weighted by Gasteiger charge is 2.20. The van der Waals surface area contributed by atoms with E-state index in [1.54, 1.807) is 25.3 Å². The van der Waals surface area contributed by atoms with Crippen LogP contribution in [0.3, 0.4) is 0 Å². The van der Waals surface area contributed by atoms with Crippen LogP contribution in [0.4, 0.5) is 4.79 Å². The molecule has 1 atom stereocenters. The molecule has 0 saturated carbocycles. The number of aliphatic carboxylic acids is 1.